The first kappa shape index (κ1) is 35.1. The molecule has 0 radical (unpaired) electrons. The molecule has 234 valence electrons. The third kappa shape index (κ3) is 10.3. The van der Waals surface area contributed by atoms with E-state index in [1.54, 1.807) is 10.3 Å². The molecule has 2 rings (SSSR count). The summed E-state index contributed by atoms with van der Waals surface area (Å²) in [5.74, 6) is -1.00. The van der Waals surface area contributed by atoms with E-state index in [-0.39, 0.29) is 48.5 Å². The lowest BCUT2D eigenvalue weighted by Crippen LogP contribution is -2.59. The van der Waals surface area contributed by atoms with Crippen LogP contribution >= 0.6 is 11.3 Å². The molecule has 0 aliphatic carbocycles. The number of rotatable bonds is 17. The number of unbranched alkanes of at least 4 members (excludes halogenated alkanes) is 2. The van der Waals surface area contributed by atoms with Gasteiger partial charge in [-0.1, -0.05) is 60.3 Å². The van der Waals surface area contributed by atoms with Gasteiger partial charge >= 0.3 is 5.97 Å². The molecule has 2 N–H and O–H groups in total. The summed E-state index contributed by atoms with van der Waals surface area (Å²) >= 11 is 1.18. The highest BCUT2D eigenvalue weighted by Crippen LogP contribution is 2.29. The number of nitrogens with one attached hydrogen (secondary N) is 1. The first-order chi connectivity index (χ1) is 19.5. The molecular weight excluding hydrogens is 544 g/mol. The number of methoxy groups -OCH3 is 1. The van der Waals surface area contributed by atoms with Crippen LogP contribution in [0.2, 0.25) is 0 Å². The molecule has 0 spiro atoms. The van der Waals surface area contributed by atoms with Crippen LogP contribution in [0.1, 0.15) is 108 Å². The second-order valence-corrected chi connectivity index (χ2v) is 12.4. The van der Waals surface area contributed by atoms with E-state index in [9.17, 15) is 19.5 Å². The maximum atomic E-state index is 14.3. The highest BCUT2D eigenvalue weighted by molar-refractivity contribution is 7.09. The maximum Gasteiger partial charge on any atom is 0.357 e. The molecular formula is C30H52N4O6S. The number of carbonyl (C=O) groups excluding carboxylic acids is 3. The van der Waals surface area contributed by atoms with Gasteiger partial charge in [-0.05, 0) is 44.7 Å². The zero-order valence-electron chi connectivity index (χ0n) is 26.1. The second kappa shape index (κ2) is 17.8. The topological polar surface area (TPSA) is 121 Å². The fourth-order valence-electron chi connectivity index (χ4n) is 5.19. The van der Waals surface area contributed by atoms with Crippen molar-refractivity contribution in [1.82, 2.24) is 20.1 Å². The van der Waals surface area contributed by atoms with Gasteiger partial charge in [-0.3, -0.25) is 14.5 Å². The number of aliphatic hydroxyl groups is 1. The van der Waals surface area contributed by atoms with Crippen molar-refractivity contribution in [2.75, 3.05) is 34.0 Å². The maximum absolute atomic E-state index is 14.3. The van der Waals surface area contributed by atoms with Crippen molar-refractivity contribution in [3.05, 3.63) is 16.1 Å². The van der Waals surface area contributed by atoms with E-state index in [0.717, 1.165) is 45.1 Å². The van der Waals surface area contributed by atoms with Gasteiger partial charge < -0.3 is 24.8 Å². The Hall–Kier alpha value is -2.08. The molecule has 1 aromatic heterocycles. The Labute approximate surface area is 250 Å². The van der Waals surface area contributed by atoms with E-state index in [2.05, 4.69) is 22.1 Å². The van der Waals surface area contributed by atoms with Crippen LogP contribution in [-0.2, 0) is 19.1 Å². The minimum absolute atomic E-state index is 0.0226. The third-order valence-corrected chi connectivity index (χ3v) is 9.04. The number of nitrogens with zero attached hydrogens (tertiary/aromatic N) is 3. The highest BCUT2D eigenvalue weighted by Gasteiger charge is 2.38. The number of amides is 2. The fourth-order valence-corrected chi connectivity index (χ4v) is 5.97. The number of hydrogen-bond donors (Lipinski definition) is 2. The Morgan fingerprint density at radius 3 is 2.56 bits per heavy atom. The number of hydrogen-bond acceptors (Lipinski definition) is 9. The van der Waals surface area contributed by atoms with Crippen molar-refractivity contribution in [2.45, 2.75) is 110 Å². The molecule has 2 heterocycles. The van der Waals surface area contributed by atoms with Crippen molar-refractivity contribution in [1.29, 1.82) is 0 Å². The first-order valence-corrected chi connectivity index (χ1v) is 16.0. The lowest BCUT2D eigenvalue weighted by molar-refractivity contribution is -0.149. The number of aliphatic hydroxyl groups excluding tert-OH is 1. The molecule has 1 fully saturated rings. The van der Waals surface area contributed by atoms with Crippen LogP contribution in [0.15, 0.2) is 5.38 Å². The Balaban J connectivity index is 2.32. The van der Waals surface area contributed by atoms with E-state index < -0.39 is 24.2 Å². The summed E-state index contributed by atoms with van der Waals surface area (Å²) in [4.78, 5) is 47.6. The largest absolute Gasteiger partial charge is 0.464 e. The lowest BCUT2D eigenvalue weighted by atomic mass is 9.92. The Bertz CT molecular complexity index is 957. The lowest BCUT2D eigenvalue weighted by Gasteiger charge is -2.39. The van der Waals surface area contributed by atoms with Crippen molar-refractivity contribution in [3.63, 3.8) is 0 Å². The zero-order chi connectivity index (χ0) is 30.5. The summed E-state index contributed by atoms with van der Waals surface area (Å²) in [6.07, 6.45) is 5.75. The smallest absolute Gasteiger partial charge is 0.357 e. The molecule has 41 heavy (non-hydrogen) atoms. The SMILES string of the molecule is CCCCCOCN(C(=O)[C@@H](NC(=O)C1CCCCN1C)C(C)CC)[C@H](C[C@H](O)c1nc(C(=O)OC)cs1)C(C)C. The van der Waals surface area contributed by atoms with Gasteiger partial charge in [-0.15, -0.1) is 11.3 Å². The van der Waals surface area contributed by atoms with Crippen molar-refractivity contribution >= 4 is 29.1 Å². The molecule has 11 heteroatoms. The molecule has 5 atom stereocenters. The summed E-state index contributed by atoms with van der Waals surface area (Å²) in [5, 5.41) is 16.2. The average Bonchev–Trinajstić information content (AvgIpc) is 3.46. The van der Waals surface area contributed by atoms with Crippen LogP contribution < -0.4 is 5.32 Å². The molecule has 1 aliphatic heterocycles. The van der Waals surface area contributed by atoms with Gasteiger partial charge in [0.25, 0.3) is 0 Å². The van der Waals surface area contributed by atoms with E-state index in [4.69, 9.17) is 9.47 Å². The molecule has 10 nitrogen and oxygen atoms in total. The summed E-state index contributed by atoms with van der Waals surface area (Å²) in [6.45, 7) is 11.6. The van der Waals surface area contributed by atoms with E-state index in [1.165, 1.54) is 18.4 Å². The molecule has 1 aliphatic rings. The number of aromatic nitrogens is 1. The van der Waals surface area contributed by atoms with Crippen LogP contribution in [0.4, 0.5) is 0 Å². The predicted octanol–water partition coefficient (Wildman–Crippen LogP) is 4.39. The number of likely N-dealkylation sites (N-methyl/N-ethyl adjacent to an activating group) is 1. The van der Waals surface area contributed by atoms with Crippen molar-refractivity contribution in [3.8, 4) is 0 Å². The van der Waals surface area contributed by atoms with E-state index in [1.807, 2.05) is 34.7 Å². The summed E-state index contributed by atoms with van der Waals surface area (Å²) < 4.78 is 10.8. The summed E-state index contributed by atoms with van der Waals surface area (Å²) in [7, 11) is 3.25. The minimum atomic E-state index is -0.992. The van der Waals surface area contributed by atoms with Crippen LogP contribution in [0.25, 0.3) is 0 Å². The van der Waals surface area contributed by atoms with E-state index in [0.29, 0.717) is 18.0 Å². The fraction of sp³-hybridized carbons (Fsp3) is 0.800. The molecule has 2 unspecified atom stereocenters. The van der Waals surface area contributed by atoms with Crippen molar-refractivity contribution in [2.24, 2.45) is 11.8 Å². The quantitative estimate of drug-likeness (QED) is 0.154. The summed E-state index contributed by atoms with van der Waals surface area (Å²) in [5.41, 5.74) is 0.145. The van der Waals surface area contributed by atoms with Gasteiger partial charge in [0.15, 0.2) is 5.69 Å². The van der Waals surface area contributed by atoms with Gasteiger partial charge in [0.05, 0.1) is 13.2 Å². The number of esters is 1. The Morgan fingerprint density at radius 1 is 1.22 bits per heavy atom. The average molecular weight is 597 g/mol. The van der Waals surface area contributed by atoms with Crippen LogP contribution in [0, 0.1) is 11.8 Å². The molecule has 1 saturated heterocycles. The van der Waals surface area contributed by atoms with E-state index >= 15 is 0 Å². The number of carbonyl (C=O) groups is 3. The molecule has 0 saturated carbocycles. The molecule has 0 bridgehead atoms. The monoisotopic (exact) mass is 596 g/mol. The second-order valence-electron chi connectivity index (χ2n) is 11.5. The van der Waals surface area contributed by atoms with Crippen LogP contribution in [0.5, 0.6) is 0 Å². The van der Waals surface area contributed by atoms with Gasteiger partial charge in [-0.25, -0.2) is 9.78 Å². The molecule has 2 amide bonds. The normalized spacial score (nSPS) is 18.9. The standard InChI is InChI=1S/C30H52N4O6S/c1-8-10-13-16-40-19-34(24(20(3)4)17-25(35)28-31-22(18-41-28)30(38)39-7)29(37)26(21(5)9-2)32-27(36)23-14-11-12-15-33(23)6/h18,20-21,23-26,35H,8-17,19H2,1-7H3,(H,32,36)/t21?,23?,24-,25+,26+/m1/s1. The molecule has 1 aromatic rings. The first-order valence-electron chi connectivity index (χ1n) is 15.2. The van der Waals surface area contributed by atoms with Crippen LogP contribution in [-0.4, -0.2) is 89.8 Å². The predicted molar refractivity (Wildman–Crippen MR) is 161 cm³/mol. The van der Waals surface area contributed by atoms with Gasteiger partial charge in [0.2, 0.25) is 11.8 Å². The van der Waals surface area contributed by atoms with Gasteiger partial charge in [0, 0.05) is 24.4 Å². The Morgan fingerprint density at radius 2 is 1.95 bits per heavy atom. The summed E-state index contributed by atoms with van der Waals surface area (Å²) in [6, 6.07) is -1.36. The number of likely N-dealkylation sites (tertiary alicyclic amines) is 1. The highest BCUT2D eigenvalue weighted by atomic mass is 32.1. The van der Waals surface area contributed by atoms with Gasteiger partial charge in [-0.2, -0.15) is 0 Å². The number of thiazole rings is 1. The van der Waals surface area contributed by atoms with Crippen LogP contribution in [0.3, 0.4) is 0 Å². The van der Waals surface area contributed by atoms with Gasteiger partial charge in [0.1, 0.15) is 23.9 Å². The third-order valence-electron chi connectivity index (χ3n) is 8.09. The number of piperidine rings is 1. The number of ether oxygens (including phenoxy) is 2. The Kier molecular flexibility index (Phi) is 15.2. The minimum Gasteiger partial charge on any atom is -0.464 e. The molecule has 0 aromatic carbocycles. The van der Waals surface area contributed by atoms with Crippen molar-refractivity contribution < 1.29 is 29.0 Å². The zero-order valence-corrected chi connectivity index (χ0v) is 26.9.